The van der Waals surface area contributed by atoms with Crippen LogP contribution in [0, 0.1) is 6.92 Å². The molecule has 3 heterocycles. The molecule has 0 radical (unpaired) electrons. The molecule has 26 heavy (non-hydrogen) atoms. The van der Waals surface area contributed by atoms with E-state index in [2.05, 4.69) is 19.9 Å². The third-order valence-electron chi connectivity index (χ3n) is 2.63. The summed E-state index contributed by atoms with van der Waals surface area (Å²) in [6, 6.07) is 2.78. The Balaban J connectivity index is 0.000000214. The number of hydrogen-bond acceptors (Lipinski definition) is 6. The number of nitrogens with two attached hydrogens (primary N) is 1. The molecule has 0 spiro atoms. The second kappa shape index (κ2) is 9.22. The summed E-state index contributed by atoms with van der Waals surface area (Å²) in [6.45, 7) is 3.27. The van der Waals surface area contributed by atoms with Gasteiger partial charge in [0.2, 0.25) is 0 Å². The smallest absolute Gasteiger partial charge is 0.327 e. The Kier molecular flexibility index (Phi) is 7.34. The fourth-order valence-electron chi connectivity index (χ4n) is 1.67. The molecule has 0 aliphatic rings. The standard InChI is InChI=1S/C7H7N3O2.C4H5N3O2.C3H5ClO/c1-3-2-4-5(8-3)9-7(12)10-6(4)11;5-2-1-3(8)7-4(9)6-2;1-3(5)2-4/h2H,1H3,(H3,8,9,10,11,12);1H,(H4,5,6,7,8,9);2H2,1H3. The minimum atomic E-state index is -0.583. The monoisotopic (exact) mass is 384 g/mol. The van der Waals surface area contributed by atoms with Crippen LogP contribution in [0.3, 0.4) is 0 Å². The van der Waals surface area contributed by atoms with Gasteiger partial charge in [0, 0.05) is 11.8 Å². The summed E-state index contributed by atoms with van der Waals surface area (Å²) in [4.78, 5) is 63.9. The number of alkyl halides is 1. The molecule has 0 amide bonds. The summed E-state index contributed by atoms with van der Waals surface area (Å²) < 4.78 is 0. The highest BCUT2D eigenvalue weighted by Crippen LogP contribution is 2.04. The van der Waals surface area contributed by atoms with Gasteiger partial charge in [0.15, 0.2) is 0 Å². The first-order valence-corrected chi connectivity index (χ1v) is 7.62. The number of nitrogen functional groups attached to an aromatic ring is 1. The number of carbonyl (C=O) groups is 1. The number of H-pyrrole nitrogens is 5. The molecule has 0 saturated heterocycles. The second-order valence-corrected chi connectivity index (χ2v) is 5.30. The van der Waals surface area contributed by atoms with Gasteiger partial charge in [0.1, 0.15) is 17.2 Å². The van der Waals surface area contributed by atoms with Gasteiger partial charge in [-0.1, -0.05) is 0 Å². The van der Waals surface area contributed by atoms with Crippen LogP contribution in [-0.2, 0) is 4.79 Å². The van der Waals surface area contributed by atoms with Crippen molar-refractivity contribution in [1.82, 2.24) is 24.9 Å². The van der Waals surface area contributed by atoms with E-state index in [-0.39, 0.29) is 23.0 Å². The summed E-state index contributed by atoms with van der Waals surface area (Å²) in [5, 5.41) is 0.479. The summed E-state index contributed by atoms with van der Waals surface area (Å²) >= 11 is 4.99. The van der Waals surface area contributed by atoms with Crippen LogP contribution in [0.2, 0.25) is 0 Å². The van der Waals surface area contributed by atoms with Crippen LogP contribution in [-0.4, -0.2) is 36.6 Å². The molecule has 140 valence electrons. The minimum Gasteiger partial charge on any atom is -0.385 e. The molecule has 0 atom stereocenters. The van der Waals surface area contributed by atoms with Gasteiger partial charge in [0.25, 0.3) is 11.1 Å². The van der Waals surface area contributed by atoms with Crippen molar-refractivity contribution in [2.45, 2.75) is 13.8 Å². The van der Waals surface area contributed by atoms with E-state index in [0.717, 1.165) is 11.8 Å². The molecule has 12 heteroatoms. The fourth-order valence-corrected chi connectivity index (χ4v) is 1.67. The van der Waals surface area contributed by atoms with E-state index < -0.39 is 16.9 Å². The zero-order valence-corrected chi connectivity index (χ0v) is 14.6. The van der Waals surface area contributed by atoms with Crippen LogP contribution < -0.4 is 28.2 Å². The van der Waals surface area contributed by atoms with Gasteiger partial charge in [-0.3, -0.25) is 34.3 Å². The van der Waals surface area contributed by atoms with Gasteiger partial charge in [-0.15, -0.1) is 11.6 Å². The molecule has 0 fully saturated rings. The number of aromatic nitrogens is 5. The van der Waals surface area contributed by atoms with Crippen molar-refractivity contribution in [3.8, 4) is 0 Å². The average molecular weight is 385 g/mol. The first-order valence-electron chi connectivity index (χ1n) is 7.08. The van der Waals surface area contributed by atoms with Crippen molar-refractivity contribution in [3.63, 3.8) is 0 Å². The lowest BCUT2D eigenvalue weighted by molar-refractivity contribution is -0.114. The van der Waals surface area contributed by atoms with Crippen molar-refractivity contribution >= 4 is 34.2 Å². The number of halogens is 1. The summed E-state index contributed by atoms with van der Waals surface area (Å²) in [7, 11) is 0. The van der Waals surface area contributed by atoms with Crippen molar-refractivity contribution < 1.29 is 4.79 Å². The summed E-state index contributed by atoms with van der Waals surface area (Å²) in [5.41, 5.74) is 4.47. The Labute approximate surface area is 149 Å². The fraction of sp³-hybridized carbons (Fsp3) is 0.214. The predicted octanol–water partition coefficient (Wildman–Crippen LogP) is -0.687. The number of aromatic amines is 5. The Bertz CT molecular complexity index is 1090. The topological polar surface area (TPSA) is 190 Å². The van der Waals surface area contributed by atoms with Crippen LogP contribution in [0.5, 0.6) is 0 Å². The van der Waals surface area contributed by atoms with Gasteiger partial charge < -0.3 is 10.7 Å². The molecule has 11 nitrogen and oxygen atoms in total. The number of ketones is 1. The summed E-state index contributed by atoms with van der Waals surface area (Å²) in [5.74, 6) is 0.232. The maximum atomic E-state index is 11.1. The Morgan fingerprint density at radius 1 is 1.00 bits per heavy atom. The van der Waals surface area contributed by atoms with E-state index in [4.69, 9.17) is 17.3 Å². The van der Waals surface area contributed by atoms with Gasteiger partial charge >= 0.3 is 11.4 Å². The van der Waals surface area contributed by atoms with Crippen molar-refractivity contribution in [2.24, 2.45) is 0 Å². The number of hydrogen-bond donors (Lipinski definition) is 6. The normalized spacial score (nSPS) is 9.65. The summed E-state index contributed by atoms with van der Waals surface area (Å²) in [6.07, 6.45) is 0. The van der Waals surface area contributed by atoms with E-state index in [0.29, 0.717) is 11.0 Å². The highest BCUT2D eigenvalue weighted by Gasteiger charge is 2.01. The van der Waals surface area contributed by atoms with Gasteiger partial charge in [0.05, 0.1) is 11.3 Å². The molecule has 3 aromatic heterocycles. The van der Waals surface area contributed by atoms with Crippen molar-refractivity contribution in [3.05, 3.63) is 59.5 Å². The van der Waals surface area contributed by atoms with Crippen LogP contribution in [0.15, 0.2) is 31.3 Å². The molecular formula is C14H17ClN6O5. The SMILES string of the molecule is CC(=O)CCl.Cc1cc2c(=O)[nH]c(=O)[nH]c2[nH]1.Nc1cc(=O)[nH]c(=O)[nH]1. The van der Waals surface area contributed by atoms with E-state index in [1.165, 1.54) is 6.92 Å². The number of Topliss-reactive ketones (excluding diaryl/α,β-unsaturated/α-hetero) is 1. The Morgan fingerprint density at radius 2 is 1.58 bits per heavy atom. The Hall–Kier alpha value is -3.34. The van der Waals surface area contributed by atoms with Crippen LogP contribution in [0.4, 0.5) is 5.82 Å². The van der Waals surface area contributed by atoms with Crippen molar-refractivity contribution in [1.29, 1.82) is 0 Å². The molecule has 0 bridgehead atoms. The lowest BCUT2D eigenvalue weighted by atomic mass is 10.4. The third kappa shape index (κ3) is 6.65. The van der Waals surface area contributed by atoms with E-state index in [1.807, 2.05) is 11.9 Å². The number of anilines is 1. The first kappa shape index (κ1) is 20.7. The largest absolute Gasteiger partial charge is 0.385 e. The molecule has 0 aliphatic carbocycles. The quantitative estimate of drug-likeness (QED) is 0.301. The average Bonchev–Trinajstić information content (AvgIpc) is 2.87. The van der Waals surface area contributed by atoms with Crippen molar-refractivity contribution in [2.75, 3.05) is 11.6 Å². The second-order valence-electron chi connectivity index (χ2n) is 5.03. The molecule has 0 unspecified atom stereocenters. The molecule has 3 rings (SSSR count). The van der Waals surface area contributed by atoms with Crippen LogP contribution >= 0.6 is 11.6 Å². The predicted molar refractivity (Wildman–Crippen MR) is 97.8 cm³/mol. The van der Waals surface area contributed by atoms with Crippen LogP contribution in [0.1, 0.15) is 12.6 Å². The highest BCUT2D eigenvalue weighted by atomic mass is 35.5. The highest BCUT2D eigenvalue weighted by molar-refractivity contribution is 6.27. The Morgan fingerprint density at radius 3 is 2.08 bits per heavy atom. The maximum Gasteiger partial charge on any atom is 0.327 e. The number of aryl methyl sites for hydroxylation is 1. The zero-order chi connectivity index (χ0) is 19.9. The molecule has 0 aliphatic heterocycles. The van der Waals surface area contributed by atoms with Crippen LogP contribution in [0.25, 0.3) is 11.0 Å². The van der Waals surface area contributed by atoms with E-state index >= 15 is 0 Å². The van der Waals surface area contributed by atoms with Gasteiger partial charge in [-0.2, -0.15) is 0 Å². The third-order valence-corrected chi connectivity index (χ3v) is 3.01. The molecule has 0 saturated carbocycles. The zero-order valence-electron chi connectivity index (χ0n) is 13.9. The van der Waals surface area contributed by atoms with E-state index in [9.17, 15) is 24.0 Å². The minimum absolute atomic E-state index is 0.0201. The molecular weight excluding hydrogens is 368 g/mol. The number of rotatable bonds is 1. The number of nitrogens with one attached hydrogen (secondary N) is 5. The number of fused-ring (bicyclic) bond motifs is 1. The van der Waals surface area contributed by atoms with E-state index in [1.54, 1.807) is 6.07 Å². The first-order chi connectivity index (χ1) is 12.1. The maximum absolute atomic E-state index is 11.1. The lowest BCUT2D eigenvalue weighted by Gasteiger charge is -1.85. The molecule has 7 N–H and O–H groups in total. The number of carbonyl (C=O) groups excluding carboxylic acids is 1. The molecule has 0 aromatic carbocycles. The molecule has 3 aromatic rings. The lowest BCUT2D eigenvalue weighted by Crippen LogP contribution is -2.22. The van der Waals surface area contributed by atoms with Gasteiger partial charge in [-0.25, -0.2) is 9.59 Å². The van der Waals surface area contributed by atoms with Gasteiger partial charge in [-0.05, 0) is 19.9 Å².